The summed E-state index contributed by atoms with van der Waals surface area (Å²) in [5, 5.41) is 0.915. The lowest BCUT2D eigenvalue weighted by Crippen LogP contribution is -2.14. The summed E-state index contributed by atoms with van der Waals surface area (Å²) in [6.07, 6.45) is 0. The van der Waals surface area contributed by atoms with Crippen LogP contribution >= 0.6 is 22.9 Å². The highest BCUT2D eigenvalue weighted by molar-refractivity contribution is 7.93. The zero-order valence-electron chi connectivity index (χ0n) is 12.8. The van der Waals surface area contributed by atoms with Gasteiger partial charge in [0.25, 0.3) is 10.0 Å². The molecule has 23 heavy (non-hydrogen) atoms. The molecule has 7 heteroatoms. The molecule has 0 spiro atoms. The molecule has 0 fully saturated rings. The molecule has 0 aliphatic heterocycles. The Hall–Kier alpha value is -1.63. The van der Waals surface area contributed by atoms with Crippen molar-refractivity contribution in [3.05, 3.63) is 52.0 Å². The molecule has 0 aliphatic carbocycles. The van der Waals surface area contributed by atoms with Gasteiger partial charge < -0.3 is 0 Å². The first-order valence-electron chi connectivity index (χ1n) is 6.93. The van der Waals surface area contributed by atoms with Crippen LogP contribution in [0, 0.1) is 20.8 Å². The molecule has 1 aromatic heterocycles. The summed E-state index contributed by atoms with van der Waals surface area (Å²) < 4.78 is 28.8. The number of aryl methyl sites for hydroxylation is 3. The van der Waals surface area contributed by atoms with Crippen molar-refractivity contribution >= 4 is 48.3 Å². The number of nitrogens with zero attached hydrogens (tertiary/aromatic N) is 1. The van der Waals surface area contributed by atoms with Crippen LogP contribution in [-0.2, 0) is 10.0 Å². The third-order valence-corrected chi connectivity index (χ3v) is 6.54. The molecule has 0 radical (unpaired) electrons. The van der Waals surface area contributed by atoms with E-state index in [9.17, 15) is 8.42 Å². The smallest absolute Gasteiger partial charge is 0.255 e. The molecule has 0 saturated carbocycles. The summed E-state index contributed by atoms with van der Waals surface area (Å²) >= 11 is 7.36. The van der Waals surface area contributed by atoms with Gasteiger partial charge in [0.15, 0.2) is 5.13 Å². The summed E-state index contributed by atoms with van der Waals surface area (Å²) in [5.41, 5.74) is 3.16. The Bertz CT molecular complexity index is 1010. The van der Waals surface area contributed by atoms with Gasteiger partial charge in [0.2, 0.25) is 0 Å². The molecule has 3 rings (SSSR count). The van der Waals surface area contributed by atoms with Crippen LogP contribution in [0.5, 0.6) is 0 Å². The Morgan fingerprint density at radius 3 is 2.52 bits per heavy atom. The number of sulfonamides is 1. The number of aromatic nitrogens is 1. The molecule has 0 amide bonds. The highest BCUT2D eigenvalue weighted by atomic mass is 35.5. The van der Waals surface area contributed by atoms with Crippen molar-refractivity contribution in [1.29, 1.82) is 0 Å². The zero-order chi connectivity index (χ0) is 16.8. The largest absolute Gasteiger partial charge is 0.263 e. The second-order valence-electron chi connectivity index (χ2n) is 5.41. The predicted molar refractivity (Wildman–Crippen MR) is 96.1 cm³/mol. The lowest BCUT2D eigenvalue weighted by molar-refractivity contribution is 0.600. The first kappa shape index (κ1) is 16.2. The fraction of sp³-hybridized carbons (Fsp3) is 0.188. The molecule has 0 saturated heterocycles. The fourth-order valence-corrected chi connectivity index (χ4v) is 5.05. The van der Waals surface area contributed by atoms with E-state index >= 15 is 0 Å². The number of hydrogen-bond acceptors (Lipinski definition) is 4. The van der Waals surface area contributed by atoms with Crippen molar-refractivity contribution in [2.24, 2.45) is 0 Å². The van der Waals surface area contributed by atoms with Crippen molar-refractivity contribution in [3.63, 3.8) is 0 Å². The molecule has 2 aromatic carbocycles. The second kappa shape index (κ2) is 5.78. The van der Waals surface area contributed by atoms with Gasteiger partial charge in [-0.05, 0) is 55.7 Å². The van der Waals surface area contributed by atoms with Gasteiger partial charge in [-0.2, -0.15) is 0 Å². The van der Waals surface area contributed by atoms with Gasteiger partial charge in [-0.25, -0.2) is 13.4 Å². The molecule has 0 aliphatic rings. The lowest BCUT2D eigenvalue weighted by Gasteiger charge is -2.10. The van der Waals surface area contributed by atoms with Crippen molar-refractivity contribution in [1.82, 2.24) is 4.98 Å². The monoisotopic (exact) mass is 366 g/mol. The zero-order valence-corrected chi connectivity index (χ0v) is 15.2. The molecule has 0 atom stereocenters. The maximum absolute atomic E-state index is 12.7. The number of halogens is 1. The lowest BCUT2D eigenvalue weighted by atomic mass is 10.2. The Morgan fingerprint density at radius 2 is 1.83 bits per heavy atom. The van der Waals surface area contributed by atoms with Crippen LogP contribution < -0.4 is 4.72 Å². The standard InChI is InChI=1S/C16H15ClN2O2S2/c1-9-5-4-6-13-15(9)18-16(22-13)19-23(20,21)14-8-10(2)12(17)7-11(14)3/h4-8H,1-3H3,(H,18,19). The van der Waals surface area contributed by atoms with Gasteiger partial charge in [-0.3, -0.25) is 4.72 Å². The van der Waals surface area contributed by atoms with Gasteiger partial charge >= 0.3 is 0 Å². The highest BCUT2D eigenvalue weighted by Gasteiger charge is 2.20. The number of fused-ring (bicyclic) bond motifs is 1. The van der Waals surface area contributed by atoms with Gasteiger partial charge in [-0.15, -0.1) is 0 Å². The first-order chi connectivity index (χ1) is 10.8. The molecule has 120 valence electrons. The second-order valence-corrected chi connectivity index (χ2v) is 8.50. The molecular weight excluding hydrogens is 352 g/mol. The number of nitrogens with one attached hydrogen (secondary N) is 1. The van der Waals surface area contributed by atoms with Crippen molar-refractivity contribution < 1.29 is 8.42 Å². The van der Waals surface area contributed by atoms with E-state index in [1.807, 2.05) is 25.1 Å². The molecule has 0 bridgehead atoms. The van der Waals surface area contributed by atoms with Crippen LogP contribution in [-0.4, -0.2) is 13.4 Å². The summed E-state index contributed by atoms with van der Waals surface area (Å²) in [4.78, 5) is 4.61. The van der Waals surface area contributed by atoms with Crippen LogP contribution in [0.2, 0.25) is 5.02 Å². The van der Waals surface area contributed by atoms with Crippen molar-refractivity contribution in [3.8, 4) is 0 Å². The van der Waals surface area contributed by atoms with Gasteiger partial charge in [-0.1, -0.05) is 35.1 Å². The first-order valence-corrected chi connectivity index (χ1v) is 9.61. The molecule has 3 aromatic rings. The van der Waals surface area contributed by atoms with Crippen molar-refractivity contribution in [2.75, 3.05) is 4.72 Å². The number of benzene rings is 2. The molecular formula is C16H15ClN2O2S2. The predicted octanol–water partition coefficient (Wildman–Crippen LogP) is 4.68. The topological polar surface area (TPSA) is 59.1 Å². The van der Waals surface area contributed by atoms with E-state index in [-0.39, 0.29) is 4.90 Å². The molecule has 0 unspecified atom stereocenters. The summed E-state index contributed by atoms with van der Waals surface area (Å²) in [6, 6.07) is 9.05. The summed E-state index contributed by atoms with van der Waals surface area (Å²) in [7, 11) is -3.70. The minimum atomic E-state index is -3.70. The highest BCUT2D eigenvalue weighted by Crippen LogP contribution is 2.31. The summed E-state index contributed by atoms with van der Waals surface area (Å²) in [5.74, 6) is 0. The average molecular weight is 367 g/mol. The number of hydrogen-bond donors (Lipinski definition) is 1. The van der Waals surface area contributed by atoms with Crippen LogP contribution in [0.3, 0.4) is 0 Å². The maximum atomic E-state index is 12.7. The van der Waals surface area contributed by atoms with Gasteiger partial charge in [0, 0.05) is 5.02 Å². The van der Waals surface area contributed by atoms with E-state index in [0.717, 1.165) is 21.3 Å². The van der Waals surface area contributed by atoms with Crippen LogP contribution in [0.15, 0.2) is 35.2 Å². The van der Waals surface area contributed by atoms with E-state index in [2.05, 4.69) is 9.71 Å². The Morgan fingerprint density at radius 1 is 1.09 bits per heavy atom. The Balaban J connectivity index is 2.03. The van der Waals surface area contributed by atoms with Crippen LogP contribution in [0.4, 0.5) is 5.13 Å². The third kappa shape index (κ3) is 3.06. The Labute approximate surface area is 144 Å². The minimum absolute atomic E-state index is 0.218. The molecule has 4 nitrogen and oxygen atoms in total. The van der Waals surface area contributed by atoms with E-state index in [0.29, 0.717) is 15.7 Å². The van der Waals surface area contributed by atoms with Crippen LogP contribution in [0.25, 0.3) is 10.2 Å². The van der Waals surface area contributed by atoms with E-state index in [1.54, 1.807) is 26.0 Å². The van der Waals surface area contributed by atoms with E-state index in [4.69, 9.17) is 11.6 Å². The third-order valence-electron chi connectivity index (χ3n) is 3.59. The number of anilines is 1. The number of para-hydroxylation sites is 1. The quantitative estimate of drug-likeness (QED) is 0.732. The average Bonchev–Trinajstić information content (AvgIpc) is 2.85. The minimum Gasteiger partial charge on any atom is -0.255 e. The molecule has 1 N–H and O–H groups in total. The van der Waals surface area contributed by atoms with E-state index in [1.165, 1.54) is 11.3 Å². The van der Waals surface area contributed by atoms with E-state index < -0.39 is 10.0 Å². The van der Waals surface area contributed by atoms with Crippen LogP contribution in [0.1, 0.15) is 16.7 Å². The number of rotatable bonds is 3. The molecule has 1 heterocycles. The van der Waals surface area contributed by atoms with Crippen molar-refractivity contribution in [2.45, 2.75) is 25.7 Å². The fourth-order valence-electron chi connectivity index (χ4n) is 2.34. The number of thiazole rings is 1. The maximum Gasteiger partial charge on any atom is 0.263 e. The SMILES string of the molecule is Cc1cc(S(=O)(=O)Nc2nc3c(C)cccc3s2)c(C)cc1Cl. The Kier molecular flexibility index (Phi) is 4.08. The van der Waals surface area contributed by atoms with Gasteiger partial charge in [0.05, 0.1) is 15.1 Å². The summed E-state index contributed by atoms with van der Waals surface area (Å²) in [6.45, 7) is 5.46. The normalized spacial score (nSPS) is 11.8. The van der Waals surface area contributed by atoms with Gasteiger partial charge in [0.1, 0.15) is 0 Å².